The molecule has 3 aromatic rings. The number of nitrogens with one attached hydrogen (secondary N) is 1. The number of pyridine rings is 1. The van der Waals surface area contributed by atoms with E-state index in [0.717, 1.165) is 55.5 Å². The molecule has 1 aliphatic carbocycles. The number of carboxylic acid groups (broad SMARTS) is 1. The van der Waals surface area contributed by atoms with Crippen molar-refractivity contribution >= 4 is 29.7 Å². The quantitative estimate of drug-likeness (QED) is 0.165. The molecular formula is C37H46N2O4. The minimum atomic E-state index is -0.944. The van der Waals surface area contributed by atoms with E-state index in [1.165, 1.54) is 30.4 Å². The second kappa shape index (κ2) is 16.8. The van der Waals surface area contributed by atoms with Gasteiger partial charge in [-0.05, 0) is 92.0 Å². The summed E-state index contributed by atoms with van der Waals surface area (Å²) in [5.41, 5.74) is 5.17. The second-order valence-corrected chi connectivity index (χ2v) is 11.8. The number of unbranched alkanes of at least 4 members (excludes halogenated alkanes) is 2. The molecule has 2 N–H and O–H groups in total. The number of carbonyl (C=O) groups excluding carboxylic acids is 1. The monoisotopic (exact) mass is 582 g/mol. The lowest BCUT2D eigenvalue weighted by Crippen LogP contribution is -2.37. The minimum absolute atomic E-state index is 0.00810. The van der Waals surface area contributed by atoms with E-state index in [9.17, 15) is 14.7 Å². The Morgan fingerprint density at radius 1 is 0.907 bits per heavy atom. The SMILES string of the molecule is CCCCc1ccc(CCCCOCc2cccc(C=Cc3cccc(NC(=O)CC4(C(=O)O)CCCCC4)c3)n2)cc1. The molecule has 0 atom stereocenters. The zero-order chi connectivity index (χ0) is 30.3. The number of ether oxygens (including phenoxy) is 1. The van der Waals surface area contributed by atoms with Crippen molar-refractivity contribution in [1.29, 1.82) is 0 Å². The van der Waals surface area contributed by atoms with Gasteiger partial charge in [-0.25, -0.2) is 0 Å². The van der Waals surface area contributed by atoms with Crippen molar-refractivity contribution in [2.75, 3.05) is 11.9 Å². The van der Waals surface area contributed by atoms with Crippen LogP contribution in [0.15, 0.2) is 66.7 Å². The first-order valence-electron chi connectivity index (χ1n) is 15.9. The van der Waals surface area contributed by atoms with Gasteiger partial charge in [-0.2, -0.15) is 0 Å². The maximum Gasteiger partial charge on any atom is 0.310 e. The number of benzene rings is 2. The lowest BCUT2D eigenvalue weighted by Gasteiger charge is -2.32. The molecule has 0 radical (unpaired) electrons. The van der Waals surface area contributed by atoms with E-state index < -0.39 is 11.4 Å². The molecule has 1 aliphatic rings. The van der Waals surface area contributed by atoms with E-state index in [1.807, 2.05) is 54.6 Å². The van der Waals surface area contributed by atoms with E-state index in [2.05, 4.69) is 36.5 Å². The van der Waals surface area contributed by atoms with Crippen LogP contribution in [0.1, 0.15) is 99.2 Å². The number of aliphatic carboxylic acids is 1. The number of aromatic nitrogens is 1. The fraction of sp³-hybridized carbons (Fsp3) is 0.432. The third kappa shape index (κ3) is 10.5. The molecule has 0 aliphatic heterocycles. The van der Waals surface area contributed by atoms with Gasteiger partial charge < -0.3 is 15.2 Å². The molecule has 1 heterocycles. The largest absolute Gasteiger partial charge is 0.481 e. The number of anilines is 1. The second-order valence-electron chi connectivity index (χ2n) is 11.8. The minimum Gasteiger partial charge on any atom is -0.481 e. The number of nitrogens with zero attached hydrogens (tertiary/aromatic N) is 1. The van der Waals surface area contributed by atoms with Crippen LogP contribution in [0, 0.1) is 5.41 Å². The molecule has 0 bridgehead atoms. The van der Waals surface area contributed by atoms with E-state index in [4.69, 9.17) is 9.72 Å². The van der Waals surface area contributed by atoms with E-state index in [0.29, 0.717) is 31.7 Å². The topological polar surface area (TPSA) is 88.5 Å². The third-order valence-electron chi connectivity index (χ3n) is 8.30. The van der Waals surface area contributed by atoms with Crippen LogP contribution in [-0.4, -0.2) is 28.6 Å². The first-order valence-corrected chi connectivity index (χ1v) is 15.9. The maximum atomic E-state index is 12.8. The number of hydrogen-bond acceptors (Lipinski definition) is 4. The van der Waals surface area contributed by atoms with Gasteiger partial charge in [0.15, 0.2) is 0 Å². The fourth-order valence-electron chi connectivity index (χ4n) is 5.74. The predicted octanol–water partition coefficient (Wildman–Crippen LogP) is 8.50. The van der Waals surface area contributed by atoms with Crippen molar-refractivity contribution in [1.82, 2.24) is 4.98 Å². The number of carboxylic acids is 1. The first-order chi connectivity index (χ1) is 21.0. The van der Waals surface area contributed by atoms with Crippen molar-refractivity contribution in [2.45, 2.75) is 90.6 Å². The normalized spacial score (nSPS) is 14.5. The molecule has 1 fully saturated rings. The van der Waals surface area contributed by atoms with Gasteiger partial charge in [-0.3, -0.25) is 14.6 Å². The lowest BCUT2D eigenvalue weighted by molar-refractivity contribution is -0.153. The van der Waals surface area contributed by atoms with E-state index in [1.54, 1.807) is 0 Å². The summed E-state index contributed by atoms with van der Waals surface area (Å²) in [4.78, 5) is 29.4. The van der Waals surface area contributed by atoms with Crippen LogP contribution in [0.2, 0.25) is 0 Å². The summed E-state index contributed by atoms with van der Waals surface area (Å²) < 4.78 is 5.90. The van der Waals surface area contributed by atoms with Gasteiger partial charge in [0.1, 0.15) is 0 Å². The molecular weight excluding hydrogens is 536 g/mol. The molecule has 1 saturated carbocycles. The Kier molecular flexibility index (Phi) is 12.5. The van der Waals surface area contributed by atoms with Crippen LogP contribution in [0.25, 0.3) is 12.2 Å². The smallest absolute Gasteiger partial charge is 0.310 e. The predicted molar refractivity (Wildman–Crippen MR) is 174 cm³/mol. The van der Waals surface area contributed by atoms with Crippen molar-refractivity contribution < 1.29 is 19.4 Å². The Morgan fingerprint density at radius 2 is 1.63 bits per heavy atom. The van der Waals surface area contributed by atoms with Gasteiger partial charge >= 0.3 is 5.97 Å². The highest BCUT2D eigenvalue weighted by Crippen LogP contribution is 2.39. The van der Waals surface area contributed by atoms with Gasteiger partial charge in [-0.1, -0.05) is 81.1 Å². The average Bonchev–Trinajstić information content (AvgIpc) is 3.02. The average molecular weight is 583 g/mol. The Hall–Kier alpha value is -3.77. The zero-order valence-electron chi connectivity index (χ0n) is 25.5. The van der Waals surface area contributed by atoms with Crippen LogP contribution in [-0.2, 0) is 33.8 Å². The standard InChI is InChI=1S/C37H46N2O4/c1-2-3-11-29-17-19-30(20-18-29)12-5-8-25-43-28-34-16-10-14-32(38-34)22-21-31-13-9-15-33(26-31)39-35(40)27-37(36(41)42)23-6-4-7-24-37/h9-10,13-22,26H,2-8,11-12,23-25,27-28H2,1H3,(H,39,40)(H,41,42). The number of amides is 1. The Balaban J connectivity index is 1.20. The number of aryl methyl sites for hydroxylation is 2. The molecule has 0 saturated heterocycles. The van der Waals surface area contributed by atoms with Crippen molar-refractivity contribution in [3.05, 3.63) is 94.8 Å². The van der Waals surface area contributed by atoms with Crippen LogP contribution in [0.4, 0.5) is 5.69 Å². The highest BCUT2D eigenvalue weighted by atomic mass is 16.5. The lowest BCUT2D eigenvalue weighted by atomic mass is 9.71. The summed E-state index contributed by atoms with van der Waals surface area (Å²) in [5, 5.41) is 12.7. The number of rotatable bonds is 16. The molecule has 0 unspecified atom stereocenters. The number of hydrogen-bond donors (Lipinski definition) is 2. The van der Waals surface area contributed by atoms with Gasteiger partial charge in [0.25, 0.3) is 0 Å². The Morgan fingerprint density at radius 3 is 2.35 bits per heavy atom. The molecule has 0 spiro atoms. The zero-order valence-corrected chi connectivity index (χ0v) is 25.5. The van der Waals surface area contributed by atoms with E-state index >= 15 is 0 Å². The molecule has 6 heteroatoms. The summed E-state index contributed by atoms with van der Waals surface area (Å²) in [7, 11) is 0. The van der Waals surface area contributed by atoms with Gasteiger partial charge in [-0.15, -0.1) is 0 Å². The van der Waals surface area contributed by atoms with Gasteiger partial charge in [0.05, 0.1) is 23.4 Å². The number of carbonyl (C=O) groups is 2. The summed E-state index contributed by atoms with van der Waals surface area (Å²) in [6, 6.07) is 22.5. The highest BCUT2D eigenvalue weighted by molar-refractivity contribution is 5.94. The molecule has 6 nitrogen and oxygen atoms in total. The molecule has 4 rings (SSSR count). The molecule has 1 amide bonds. The van der Waals surface area contributed by atoms with Crippen molar-refractivity contribution in [3.8, 4) is 0 Å². The Labute approximate surface area is 256 Å². The fourth-order valence-corrected chi connectivity index (χ4v) is 5.74. The molecule has 2 aromatic carbocycles. The first kappa shape index (κ1) is 32.2. The molecule has 1 aromatic heterocycles. The molecule has 228 valence electrons. The summed E-state index contributed by atoms with van der Waals surface area (Å²) in [6.45, 7) is 3.42. The van der Waals surface area contributed by atoms with Crippen LogP contribution in [0.3, 0.4) is 0 Å². The summed E-state index contributed by atoms with van der Waals surface area (Å²) >= 11 is 0. The van der Waals surface area contributed by atoms with E-state index in [-0.39, 0.29) is 12.3 Å². The summed E-state index contributed by atoms with van der Waals surface area (Å²) in [5.74, 6) is -1.12. The van der Waals surface area contributed by atoms with Gasteiger partial charge in [0, 0.05) is 18.7 Å². The van der Waals surface area contributed by atoms with Crippen LogP contribution < -0.4 is 5.32 Å². The van der Waals surface area contributed by atoms with Crippen molar-refractivity contribution in [2.24, 2.45) is 5.41 Å². The van der Waals surface area contributed by atoms with Gasteiger partial charge in [0.2, 0.25) is 5.91 Å². The van der Waals surface area contributed by atoms with Crippen molar-refractivity contribution in [3.63, 3.8) is 0 Å². The highest BCUT2D eigenvalue weighted by Gasteiger charge is 2.41. The van der Waals surface area contributed by atoms with Crippen LogP contribution >= 0.6 is 0 Å². The van der Waals surface area contributed by atoms with Crippen LogP contribution in [0.5, 0.6) is 0 Å². The summed E-state index contributed by atoms with van der Waals surface area (Å²) in [6.07, 6.45) is 14.6. The molecule has 43 heavy (non-hydrogen) atoms. The maximum absolute atomic E-state index is 12.8. The Bertz CT molecular complexity index is 1340. The third-order valence-corrected chi connectivity index (χ3v) is 8.30.